The minimum atomic E-state index is -0.0279. The van der Waals surface area contributed by atoms with Crippen LogP contribution in [0.2, 0.25) is 10.0 Å². The van der Waals surface area contributed by atoms with Crippen LogP contribution >= 0.6 is 31.8 Å². The molecule has 0 radical (unpaired) electrons. The molecule has 0 aliphatic heterocycles. The minimum Gasteiger partial charge on any atom is -1.00 e. The SMILES string of the molecule is Cc1ccccc1PC(=O)c1c(Cl)cccc1Cl.[H-].[Li+]. The van der Waals surface area contributed by atoms with Crippen molar-refractivity contribution in [3.05, 3.63) is 63.6 Å². The van der Waals surface area contributed by atoms with Crippen molar-refractivity contribution in [2.75, 3.05) is 0 Å². The Morgan fingerprint density at radius 3 is 2.21 bits per heavy atom. The van der Waals surface area contributed by atoms with Gasteiger partial charge in [-0.2, -0.15) is 0 Å². The molecule has 0 saturated carbocycles. The van der Waals surface area contributed by atoms with E-state index in [0.717, 1.165) is 10.9 Å². The van der Waals surface area contributed by atoms with Crippen LogP contribution in [-0.2, 0) is 0 Å². The summed E-state index contributed by atoms with van der Waals surface area (Å²) in [6.45, 7) is 1.99. The van der Waals surface area contributed by atoms with Gasteiger partial charge in [-0.15, -0.1) is 0 Å². The normalized spacial score (nSPS) is 10.5. The van der Waals surface area contributed by atoms with Gasteiger partial charge in [-0.05, 0) is 38.5 Å². The van der Waals surface area contributed by atoms with E-state index in [1.165, 1.54) is 0 Å². The van der Waals surface area contributed by atoms with Crippen molar-refractivity contribution in [3.63, 3.8) is 0 Å². The predicted octanol–water partition coefficient (Wildman–Crippen LogP) is 1.56. The molecule has 0 aliphatic rings. The molecule has 0 amide bonds. The molecule has 0 aromatic heterocycles. The van der Waals surface area contributed by atoms with Crippen LogP contribution < -0.4 is 24.2 Å². The molecule has 5 heteroatoms. The molecule has 0 N–H and O–H groups in total. The van der Waals surface area contributed by atoms with Crippen LogP contribution in [0.4, 0.5) is 0 Å². The van der Waals surface area contributed by atoms with E-state index in [9.17, 15) is 4.79 Å². The van der Waals surface area contributed by atoms with Gasteiger partial charge < -0.3 is 1.43 Å². The molecular formula is C14H12Cl2LiOP. The van der Waals surface area contributed by atoms with E-state index < -0.39 is 0 Å². The number of carbonyl (C=O) groups is 1. The van der Waals surface area contributed by atoms with Crippen molar-refractivity contribution in [1.29, 1.82) is 0 Å². The van der Waals surface area contributed by atoms with Gasteiger partial charge in [0.25, 0.3) is 0 Å². The van der Waals surface area contributed by atoms with Crippen LogP contribution in [0.1, 0.15) is 17.3 Å². The second-order valence-electron chi connectivity index (χ2n) is 3.87. The van der Waals surface area contributed by atoms with E-state index in [1.807, 2.05) is 31.2 Å². The van der Waals surface area contributed by atoms with E-state index in [0.29, 0.717) is 15.6 Å². The monoisotopic (exact) mass is 304 g/mol. The molecule has 0 heterocycles. The number of benzene rings is 2. The molecule has 1 nitrogen and oxygen atoms in total. The number of halogens is 2. The number of rotatable bonds is 3. The van der Waals surface area contributed by atoms with Crippen LogP contribution in [-0.4, -0.2) is 5.52 Å². The Bertz CT molecular complexity index is 587. The fourth-order valence-electron chi connectivity index (χ4n) is 1.61. The van der Waals surface area contributed by atoms with Crippen molar-refractivity contribution in [1.82, 2.24) is 0 Å². The zero-order chi connectivity index (χ0) is 13.1. The Kier molecular flexibility index (Phi) is 6.61. The van der Waals surface area contributed by atoms with Crippen molar-refractivity contribution in [2.45, 2.75) is 6.92 Å². The molecule has 1 atom stereocenters. The Labute approximate surface area is 138 Å². The van der Waals surface area contributed by atoms with Crippen molar-refractivity contribution < 1.29 is 25.1 Å². The second kappa shape index (κ2) is 7.49. The first-order valence-electron chi connectivity index (χ1n) is 5.40. The summed E-state index contributed by atoms with van der Waals surface area (Å²) in [4.78, 5) is 12.3. The van der Waals surface area contributed by atoms with E-state index in [2.05, 4.69) is 0 Å². The molecule has 0 spiro atoms. The van der Waals surface area contributed by atoms with Crippen LogP contribution in [0, 0.1) is 6.92 Å². The fourth-order valence-corrected chi connectivity index (χ4v) is 3.44. The van der Waals surface area contributed by atoms with Gasteiger partial charge >= 0.3 is 18.9 Å². The summed E-state index contributed by atoms with van der Waals surface area (Å²) < 4.78 is 0. The predicted molar refractivity (Wildman–Crippen MR) is 81.0 cm³/mol. The molecule has 19 heavy (non-hydrogen) atoms. The summed E-state index contributed by atoms with van der Waals surface area (Å²) in [5.41, 5.74) is 1.50. The summed E-state index contributed by atoms with van der Waals surface area (Å²) >= 11 is 12.1. The van der Waals surface area contributed by atoms with Gasteiger partial charge in [0.1, 0.15) is 0 Å². The number of hydrogen-bond acceptors (Lipinski definition) is 1. The zero-order valence-electron chi connectivity index (χ0n) is 11.7. The molecule has 0 saturated heterocycles. The summed E-state index contributed by atoms with van der Waals surface area (Å²) in [6, 6.07) is 12.9. The second-order valence-corrected chi connectivity index (χ2v) is 5.92. The summed E-state index contributed by atoms with van der Waals surface area (Å²) in [7, 11) is 0.0395. The van der Waals surface area contributed by atoms with Gasteiger partial charge in [-0.3, -0.25) is 4.79 Å². The standard InChI is InChI=1S/C14H11Cl2OP.Li.H/c1-9-5-2-3-8-12(9)18-14(17)13-10(15)6-4-7-11(13)16;;/h2-8,18H,1H3;;/q;+1;-1. The molecule has 94 valence electrons. The molecule has 2 aromatic carbocycles. The van der Waals surface area contributed by atoms with Crippen LogP contribution in [0.3, 0.4) is 0 Å². The average Bonchev–Trinajstić information content (AvgIpc) is 2.32. The van der Waals surface area contributed by atoms with Gasteiger partial charge in [0.15, 0.2) is 5.52 Å². The van der Waals surface area contributed by atoms with Gasteiger partial charge in [0.05, 0.1) is 15.6 Å². The first kappa shape index (κ1) is 16.8. The number of carbonyl (C=O) groups excluding carboxylic acids is 1. The fraction of sp³-hybridized carbons (Fsp3) is 0.0714. The van der Waals surface area contributed by atoms with E-state index in [1.54, 1.807) is 18.2 Å². The molecule has 0 bridgehead atoms. The average molecular weight is 305 g/mol. The van der Waals surface area contributed by atoms with Gasteiger partial charge in [0, 0.05) is 0 Å². The topological polar surface area (TPSA) is 17.1 Å². The molecule has 2 aromatic rings. The van der Waals surface area contributed by atoms with Crippen LogP contribution in [0.15, 0.2) is 42.5 Å². The van der Waals surface area contributed by atoms with E-state index in [-0.39, 0.29) is 34.4 Å². The molecule has 1 unspecified atom stereocenters. The largest absolute Gasteiger partial charge is 1.00 e. The molecule has 2 rings (SSSR count). The molecule has 0 aliphatic carbocycles. The van der Waals surface area contributed by atoms with E-state index >= 15 is 0 Å². The Morgan fingerprint density at radius 1 is 1.05 bits per heavy atom. The van der Waals surface area contributed by atoms with Gasteiger partial charge in [-0.25, -0.2) is 0 Å². The summed E-state index contributed by atoms with van der Waals surface area (Å²) in [6.07, 6.45) is 0. The number of aryl methyl sites for hydroxylation is 1. The van der Waals surface area contributed by atoms with Crippen LogP contribution in [0.25, 0.3) is 0 Å². The maximum absolute atomic E-state index is 12.3. The van der Waals surface area contributed by atoms with Crippen molar-refractivity contribution in [3.8, 4) is 0 Å². The van der Waals surface area contributed by atoms with Gasteiger partial charge in [0.2, 0.25) is 0 Å². The van der Waals surface area contributed by atoms with Crippen molar-refractivity contribution in [2.24, 2.45) is 0 Å². The Hall–Kier alpha value is -0.283. The summed E-state index contributed by atoms with van der Waals surface area (Å²) in [5, 5.41) is 1.85. The van der Waals surface area contributed by atoms with E-state index in [4.69, 9.17) is 23.2 Å². The first-order valence-corrected chi connectivity index (χ1v) is 7.16. The minimum absolute atomic E-state index is 0. The quantitative estimate of drug-likeness (QED) is 0.621. The Morgan fingerprint density at radius 2 is 1.63 bits per heavy atom. The smallest absolute Gasteiger partial charge is 1.00 e. The molecular weight excluding hydrogens is 293 g/mol. The first-order chi connectivity index (χ1) is 8.59. The third kappa shape index (κ3) is 4.09. The van der Waals surface area contributed by atoms with Gasteiger partial charge in [-0.1, -0.05) is 53.5 Å². The summed E-state index contributed by atoms with van der Waals surface area (Å²) in [5.74, 6) is 0. The Balaban J connectivity index is 0.00000180. The third-order valence-electron chi connectivity index (χ3n) is 2.58. The maximum atomic E-state index is 12.3. The van der Waals surface area contributed by atoms with Crippen LogP contribution in [0.5, 0.6) is 0 Å². The van der Waals surface area contributed by atoms with Crippen molar-refractivity contribution >= 4 is 42.6 Å². The third-order valence-corrected chi connectivity index (χ3v) is 4.52. The zero-order valence-corrected chi connectivity index (χ0v) is 13.2. The molecule has 0 fully saturated rings. The number of hydrogen-bond donors (Lipinski definition) is 0. The maximum Gasteiger partial charge on any atom is 1.00 e.